The Morgan fingerprint density at radius 3 is 1.62 bits per heavy atom. The molecule has 2 heterocycles. The topological polar surface area (TPSA) is 6.48 Å². The van der Waals surface area contributed by atoms with Gasteiger partial charge in [0.2, 0.25) is 0 Å². The monoisotopic (exact) mass is 184 g/mol. The molecule has 0 aliphatic carbocycles. The number of hydrogen-bond donors (Lipinski definition) is 0. The molecule has 2 heteroatoms. The van der Waals surface area contributed by atoms with Crippen LogP contribution in [-0.4, -0.2) is 49.1 Å². The maximum atomic E-state index is 2.54. The Morgan fingerprint density at radius 2 is 1.31 bits per heavy atom. The summed E-state index contributed by atoms with van der Waals surface area (Å²) in [7, 11) is 4.50. The molecule has 1 spiro atoms. The van der Waals surface area contributed by atoms with Crippen LogP contribution in [0.5, 0.6) is 0 Å². The molecule has 13 heavy (non-hydrogen) atoms. The van der Waals surface area contributed by atoms with E-state index in [-0.39, 0.29) is 0 Å². The highest BCUT2D eigenvalue weighted by atomic mass is 15.3. The zero-order valence-corrected chi connectivity index (χ0v) is 9.64. The van der Waals surface area contributed by atoms with Crippen molar-refractivity contribution in [1.82, 2.24) is 9.80 Å². The fourth-order valence-electron chi connectivity index (χ4n) is 2.32. The van der Waals surface area contributed by atoms with Gasteiger partial charge in [0.25, 0.3) is 0 Å². The molecule has 0 aromatic rings. The van der Waals surface area contributed by atoms with Crippen LogP contribution in [-0.2, 0) is 0 Å². The first kappa shape index (κ1) is 11.0. The van der Waals surface area contributed by atoms with Crippen molar-refractivity contribution < 1.29 is 0 Å². The van der Waals surface area contributed by atoms with Crippen molar-refractivity contribution in [3.63, 3.8) is 0 Å². The molecule has 0 N–H and O–H groups in total. The Kier molecular flexibility index (Phi) is 3.74. The van der Waals surface area contributed by atoms with Crippen LogP contribution < -0.4 is 0 Å². The third-order valence-corrected chi connectivity index (χ3v) is 3.64. The molecule has 2 aliphatic rings. The molecule has 0 radical (unpaired) electrons. The first-order valence-corrected chi connectivity index (χ1v) is 5.63. The van der Waals surface area contributed by atoms with E-state index in [1.54, 1.807) is 0 Å². The summed E-state index contributed by atoms with van der Waals surface area (Å²) < 4.78 is 0. The third kappa shape index (κ3) is 2.05. The van der Waals surface area contributed by atoms with Gasteiger partial charge in [0.1, 0.15) is 0 Å². The quantitative estimate of drug-likeness (QED) is 0.566. The Bertz CT molecular complexity index is 148. The Balaban J connectivity index is 0.000000396. The molecule has 0 bridgehead atoms. The molecule has 78 valence electrons. The fourth-order valence-corrected chi connectivity index (χ4v) is 2.32. The summed E-state index contributed by atoms with van der Waals surface area (Å²) in [4.78, 5) is 4.98. The molecule has 0 saturated carbocycles. The molecule has 2 rings (SSSR count). The molecule has 0 atom stereocenters. The second-order valence-electron chi connectivity index (χ2n) is 4.20. The summed E-state index contributed by atoms with van der Waals surface area (Å²) in [6.45, 7) is 7.92. The van der Waals surface area contributed by atoms with Crippen molar-refractivity contribution >= 4 is 0 Å². The van der Waals surface area contributed by atoms with E-state index < -0.39 is 0 Å². The van der Waals surface area contributed by atoms with Gasteiger partial charge < -0.3 is 9.80 Å². The molecule has 0 unspecified atom stereocenters. The predicted molar refractivity (Wildman–Crippen MR) is 58.1 cm³/mol. The van der Waals surface area contributed by atoms with E-state index >= 15 is 0 Å². The van der Waals surface area contributed by atoms with Crippen molar-refractivity contribution in [2.45, 2.75) is 38.6 Å². The van der Waals surface area contributed by atoms with Crippen LogP contribution in [0.25, 0.3) is 0 Å². The summed E-state index contributed by atoms with van der Waals surface area (Å²) in [5, 5.41) is 0. The highest BCUT2D eigenvalue weighted by Gasteiger charge is 2.43. The molecular weight excluding hydrogens is 160 g/mol. The van der Waals surface area contributed by atoms with E-state index in [4.69, 9.17) is 0 Å². The lowest BCUT2D eigenvalue weighted by atomic mass is 9.77. The van der Waals surface area contributed by atoms with Gasteiger partial charge in [0.15, 0.2) is 0 Å². The number of piperidine rings is 1. The van der Waals surface area contributed by atoms with E-state index in [0.717, 1.165) is 0 Å². The number of hydrogen-bond acceptors (Lipinski definition) is 2. The van der Waals surface area contributed by atoms with Crippen LogP contribution in [0.4, 0.5) is 0 Å². The van der Waals surface area contributed by atoms with Gasteiger partial charge in [-0.3, -0.25) is 0 Å². The molecular formula is C11H24N2. The largest absolute Gasteiger partial charge is 0.306 e. The molecule has 0 amide bonds. The van der Waals surface area contributed by atoms with Gasteiger partial charge in [-0.05, 0) is 46.4 Å². The van der Waals surface area contributed by atoms with Crippen molar-refractivity contribution in [3.05, 3.63) is 0 Å². The van der Waals surface area contributed by atoms with Crippen LogP contribution >= 0.6 is 0 Å². The molecule has 2 aliphatic heterocycles. The Labute approximate surface area is 82.9 Å². The van der Waals surface area contributed by atoms with Crippen molar-refractivity contribution in [2.75, 3.05) is 33.7 Å². The van der Waals surface area contributed by atoms with Gasteiger partial charge in [0, 0.05) is 12.1 Å². The van der Waals surface area contributed by atoms with E-state index in [0.29, 0.717) is 5.54 Å². The smallest absolute Gasteiger partial charge is 0.0243 e. The first-order chi connectivity index (χ1) is 6.23. The second-order valence-corrected chi connectivity index (χ2v) is 4.20. The zero-order valence-electron chi connectivity index (χ0n) is 9.64. The lowest BCUT2D eigenvalue weighted by molar-refractivity contribution is -0.0349. The predicted octanol–water partition coefficient (Wildman–Crippen LogP) is 1.81. The maximum Gasteiger partial charge on any atom is 0.0243 e. The van der Waals surface area contributed by atoms with E-state index in [1.165, 1.54) is 38.9 Å². The minimum atomic E-state index is 0.631. The Morgan fingerprint density at radius 1 is 0.846 bits per heavy atom. The summed E-state index contributed by atoms with van der Waals surface area (Å²) in [6, 6.07) is 0. The van der Waals surface area contributed by atoms with Crippen LogP contribution in [0.2, 0.25) is 0 Å². The normalized spacial score (nSPS) is 27.7. The van der Waals surface area contributed by atoms with Gasteiger partial charge in [-0.1, -0.05) is 13.8 Å². The van der Waals surface area contributed by atoms with Crippen LogP contribution in [0.1, 0.15) is 33.1 Å². The summed E-state index contributed by atoms with van der Waals surface area (Å²) >= 11 is 0. The summed E-state index contributed by atoms with van der Waals surface area (Å²) in [6.07, 6.45) is 4.22. The highest BCUT2D eigenvalue weighted by Crippen LogP contribution is 2.37. The first-order valence-electron chi connectivity index (χ1n) is 5.63. The standard InChI is InChI=1S/C9H18N2.C2H6/c1-10-6-3-9(4-7-10)5-8-11(9)2;1-2/h3-8H2,1-2H3;1-2H3. The lowest BCUT2D eigenvalue weighted by Gasteiger charge is -2.54. The number of rotatable bonds is 0. The SMILES string of the molecule is CC.CN1CCC2(CC1)CCN2C. The van der Waals surface area contributed by atoms with E-state index in [1.807, 2.05) is 13.8 Å². The third-order valence-electron chi connectivity index (χ3n) is 3.64. The Hall–Kier alpha value is -0.0800. The summed E-state index contributed by atoms with van der Waals surface area (Å²) in [5.41, 5.74) is 0.631. The van der Waals surface area contributed by atoms with Gasteiger partial charge in [-0.2, -0.15) is 0 Å². The summed E-state index contributed by atoms with van der Waals surface area (Å²) in [5.74, 6) is 0. The van der Waals surface area contributed by atoms with Crippen LogP contribution in [0, 0.1) is 0 Å². The lowest BCUT2D eigenvalue weighted by Crippen LogP contribution is -2.61. The van der Waals surface area contributed by atoms with Crippen molar-refractivity contribution in [2.24, 2.45) is 0 Å². The van der Waals surface area contributed by atoms with E-state index in [9.17, 15) is 0 Å². The molecule has 2 saturated heterocycles. The average Bonchev–Trinajstić information content (AvgIpc) is 2.20. The molecule has 0 aromatic carbocycles. The second kappa shape index (κ2) is 4.43. The van der Waals surface area contributed by atoms with Gasteiger partial charge in [-0.15, -0.1) is 0 Å². The van der Waals surface area contributed by atoms with Gasteiger partial charge >= 0.3 is 0 Å². The van der Waals surface area contributed by atoms with Gasteiger partial charge in [0.05, 0.1) is 0 Å². The zero-order chi connectivity index (χ0) is 9.90. The molecule has 2 nitrogen and oxygen atoms in total. The highest BCUT2D eigenvalue weighted by molar-refractivity contribution is 5.00. The average molecular weight is 184 g/mol. The number of likely N-dealkylation sites (tertiary alicyclic amines) is 2. The molecule has 0 aromatic heterocycles. The number of nitrogens with zero attached hydrogens (tertiary/aromatic N) is 2. The van der Waals surface area contributed by atoms with E-state index in [2.05, 4.69) is 23.9 Å². The van der Waals surface area contributed by atoms with Crippen LogP contribution in [0.15, 0.2) is 0 Å². The van der Waals surface area contributed by atoms with Crippen molar-refractivity contribution in [1.29, 1.82) is 0 Å². The van der Waals surface area contributed by atoms with Crippen molar-refractivity contribution in [3.8, 4) is 0 Å². The minimum absolute atomic E-state index is 0.631. The maximum absolute atomic E-state index is 2.54. The van der Waals surface area contributed by atoms with Gasteiger partial charge in [-0.25, -0.2) is 0 Å². The minimum Gasteiger partial charge on any atom is -0.306 e. The molecule has 2 fully saturated rings. The van der Waals surface area contributed by atoms with Crippen LogP contribution in [0.3, 0.4) is 0 Å². The fraction of sp³-hybridized carbons (Fsp3) is 1.00.